The van der Waals surface area contributed by atoms with Crippen molar-refractivity contribution in [3.05, 3.63) is 106 Å². The van der Waals surface area contributed by atoms with Crippen molar-refractivity contribution in [2.45, 2.75) is 19.3 Å². The van der Waals surface area contributed by atoms with E-state index in [4.69, 9.17) is 9.15 Å². The first-order valence-electron chi connectivity index (χ1n) is 11.7. The molecular weight excluding hydrogens is 456 g/mol. The fourth-order valence-electron chi connectivity index (χ4n) is 5.28. The van der Waals surface area contributed by atoms with Gasteiger partial charge >= 0.3 is 11.6 Å². The van der Waals surface area contributed by atoms with E-state index in [0.29, 0.717) is 28.2 Å². The maximum Gasteiger partial charge on any atom is 0.345 e. The molecule has 1 amide bonds. The van der Waals surface area contributed by atoms with Gasteiger partial charge in [0.1, 0.15) is 11.0 Å². The highest BCUT2D eigenvalue weighted by molar-refractivity contribution is 6.17. The van der Waals surface area contributed by atoms with Crippen LogP contribution in [0.5, 0.6) is 0 Å². The molecular formula is C29H22N2O5. The molecule has 3 aromatic carbocycles. The zero-order valence-electron chi connectivity index (χ0n) is 19.7. The van der Waals surface area contributed by atoms with Gasteiger partial charge in [0.25, 0.3) is 0 Å². The number of hydrogen-bond donors (Lipinski definition) is 2. The molecule has 2 aliphatic rings. The topological polar surface area (TPSA) is 97.6 Å². The van der Waals surface area contributed by atoms with Gasteiger partial charge in [-0.3, -0.25) is 4.79 Å². The third-order valence-electron chi connectivity index (χ3n) is 6.82. The molecule has 1 atom stereocenters. The van der Waals surface area contributed by atoms with Gasteiger partial charge in [-0.1, -0.05) is 48.5 Å². The molecule has 178 valence electrons. The summed E-state index contributed by atoms with van der Waals surface area (Å²) in [5.41, 5.74) is 0.934. The van der Waals surface area contributed by atoms with Crippen LogP contribution in [0.3, 0.4) is 0 Å². The monoisotopic (exact) mass is 478 g/mol. The molecule has 2 N–H and O–H groups in total. The second-order valence-corrected chi connectivity index (χ2v) is 8.86. The molecule has 1 unspecified atom stereocenters. The molecule has 36 heavy (non-hydrogen) atoms. The van der Waals surface area contributed by atoms with Crippen LogP contribution in [0.15, 0.2) is 93.3 Å². The van der Waals surface area contributed by atoms with E-state index >= 15 is 0 Å². The maximum absolute atomic E-state index is 13.6. The van der Waals surface area contributed by atoms with Crippen LogP contribution in [0.4, 0.5) is 5.69 Å². The standard InChI is InChI=1S/C29H22N2O5/c1-3-35-27(33)25-16(2)30-23(15-29(25)21-10-6-7-11-22(21)31-28(29)34)20-14-19-18-9-5-4-8-17(18)12-13-24(19)36-26(20)32/h4-15,30H,3H2,1-2H3,(H,31,34). The Kier molecular flexibility index (Phi) is 4.83. The first kappa shape index (κ1) is 21.9. The third kappa shape index (κ3) is 3.02. The third-order valence-corrected chi connectivity index (χ3v) is 6.82. The number of anilines is 1. The Labute approximate surface area is 206 Å². The number of hydrogen-bond acceptors (Lipinski definition) is 6. The lowest BCUT2D eigenvalue weighted by Gasteiger charge is -2.33. The molecule has 0 aliphatic carbocycles. The Bertz CT molecular complexity index is 1730. The minimum atomic E-state index is -1.46. The number of para-hydroxylation sites is 1. The smallest absolute Gasteiger partial charge is 0.345 e. The van der Waals surface area contributed by atoms with Crippen molar-refractivity contribution in [1.29, 1.82) is 0 Å². The largest absolute Gasteiger partial charge is 0.463 e. The number of ether oxygens (including phenoxy) is 1. The molecule has 7 heteroatoms. The quantitative estimate of drug-likeness (QED) is 0.253. The SMILES string of the molecule is CCOC(=O)C1=C(C)NC(c2cc3c(ccc4ccccc43)oc2=O)=CC12C(=O)Nc1ccccc12. The van der Waals surface area contributed by atoms with Crippen LogP contribution >= 0.6 is 0 Å². The van der Waals surface area contributed by atoms with Crippen molar-refractivity contribution < 1.29 is 18.7 Å². The van der Waals surface area contributed by atoms with Gasteiger partial charge in [0.05, 0.1) is 23.4 Å². The second kappa shape index (κ2) is 7.95. The number of allylic oxidation sites excluding steroid dienone is 1. The Morgan fingerprint density at radius 3 is 2.58 bits per heavy atom. The summed E-state index contributed by atoms with van der Waals surface area (Å²) in [6.07, 6.45) is 1.64. The zero-order chi connectivity index (χ0) is 25.0. The van der Waals surface area contributed by atoms with E-state index in [9.17, 15) is 14.4 Å². The van der Waals surface area contributed by atoms with Crippen molar-refractivity contribution in [2.75, 3.05) is 11.9 Å². The average molecular weight is 479 g/mol. The summed E-state index contributed by atoms with van der Waals surface area (Å²) in [6, 6.07) is 20.5. The van der Waals surface area contributed by atoms with E-state index in [0.717, 1.165) is 16.2 Å². The summed E-state index contributed by atoms with van der Waals surface area (Å²) in [4.78, 5) is 39.9. The van der Waals surface area contributed by atoms with Gasteiger partial charge in [-0.15, -0.1) is 0 Å². The molecule has 7 nitrogen and oxygen atoms in total. The Morgan fingerprint density at radius 2 is 1.75 bits per heavy atom. The number of nitrogens with one attached hydrogen (secondary N) is 2. The fraction of sp³-hybridized carbons (Fsp3) is 0.138. The van der Waals surface area contributed by atoms with Crippen molar-refractivity contribution in [2.24, 2.45) is 0 Å². The predicted molar refractivity (Wildman–Crippen MR) is 137 cm³/mol. The first-order chi connectivity index (χ1) is 17.4. The Hall–Kier alpha value is -4.65. The van der Waals surface area contributed by atoms with Crippen molar-refractivity contribution in [1.82, 2.24) is 5.32 Å². The lowest BCUT2D eigenvalue weighted by atomic mass is 9.71. The molecule has 0 bridgehead atoms. The minimum Gasteiger partial charge on any atom is -0.463 e. The fourth-order valence-corrected chi connectivity index (χ4v) is 5.28. The van der Waals surface area contributed by atoms with Crippen LogP contribution in [0.2, 0.25) is 0 Å². The maximum atomic E-state index is 13.6. The number of benzene rings is 3. The van der Waals surface area contributed by atoms with E-state index in [-0.39, 0.29) is 23.7 Å². The molecule has 1 aromatic heterocycles. The number of carbonyl (C=O) groups excluding carboxylic acids is 2. The highest BCUT2D eigenvalue weighted by Crippen LogP contribution is 2.48. The van der Waals surface area contributed by atoms with Gasteiger partial charge in [0, 0.05) is 16.8 Å². The minimum absolute atomic E-state index is 0.160. The number of amides is 1. The highest BCUT2D eigenvalue weighted by Gasteiger charge is 2.53. The summed E-state index contributed by atoms with van der Waals surface area (Å²) >= 11 is 0. The number of rotatable bonds is 3. The summed E-state index contributed by atoms with van der Waals surface area (Å²) in [7, 11) is 0. The molecule has 0 saturated heterocycles. The molecule has 0 saturated carbocycles. The number of dihydropyridines is 1. The van der Waals surface area contributed by atoms with Gasteiger partial charge in [-0.2, -0.15) is 0 Å². The molecule has 0 fully saturated rings. The molecule has 3 heterocycles. The van der Waals surface area contributed by atoms with Crippen LogP contribution in [0, 0.1) is 0 Å². The summed E-state index contributed by atoms with van der Waals surface area (Å²) in [6.45, 7) is 3.57. The summed E-state index contributed by atoms with van der Waals surface area (Å²) < 4.78 is 11.1. The van der Waals surface area contributed by atoms with Crippen LogP contribution in [-0.4, -0.2) is 18.5 Å². The van der Waals surface area contributed by atoms with E-state index in [1.165, 1.54) is 0 Å². The number of fused-ring (bicyclic) bond motifs is 5. The van der Waals surface area contributed by atoms with Crippen molar-refractivity contribution in [3.63, 3.8) is 0 Å². The van der Waals surface area contributed by atoms with Gasteiger partial charge in [-0.25, -0.2) is 9.59 Å². The lowest BCUT2D eigenvalue weighted by Crippen LogP contribution is -2.44. The first-order valence-corrected chi connectivity index (χ1v) is 11.7. The summed E-state index contributed by atoms with van der Waals surface area (Å²) in [5, 5.41) is 8.79. The van der Waals surface area contributed by atoms with Gasteiger partial charge in [0.15, 0.2) is 0 Å². The van der Waals surface area contributed by atoms with Crippen LogP contribution in [-0.2, 0) is 19.7 Å². The van der Waals surface area contributed by atoms with Crippen LogP contribution in [0.1, 0.15) is 25.0 Å². The molecule has 4 aromatic rings. The Balaban J connectivity index is 1.63. The van der Waals surface area contributed by atoms with Crippen molar-refractivity contribution in [3.8, 4) is 0 Å². The van der Waals surface area contributed by atoms with Crippen molar-refractivity contribution >= 4 is 45.0 Å². The predicted octanol–water partition coefficient (Wildman–Crippen LogP) is 4.62. The molecule has 1 spiro atoms. The van der Waals surface area contributed by atoms with Crippen LogP contribution < -0.4 is 16.3 Å². The normalized spacial score (nSPS) is 18.7. The molecule has 6 rings (SSSR count). The second-order valence-electron chi connectivity index (χ2n) is 8.86. The molecule has 2 aliphatic heterocycles. The van der Waals surface area contributed by atoms with E-state index in [2.05, 4.69) is 10.6 Å². The average Bonchev–Trinajstić information content (AvgIpc) is 3.14. The number of esters is 1. The highest BCUT2D eigenvalue weighted by atomic mass is 16.5. The van der Waals surface area contributed by atoms with E-state index < -0.39 is 17.0 Å². The molecule has 0 radical (unpaired) electrons. The zero-order valence-corrected chi connectivity index (χ0v) is 19.7. The van der Waals surface area contributed by atoms with Gasteiger partial charge in [-0.05, 0) is 54.5 Å². The van der Waals surface area contributed by atoms with Gasteiger partial charge in [0.2, 0.25) is 5.91 Å². The van der Waals surface area contributed by atoms with Gasteiger partial charge < -0.3 is 19.8 Å². The van der Waals surface area contributed by atoms with E-state index in [1.807, 2.05) is 42.5 Å². The Morgan fingerprint density at radius 1 is 0.972 bits per heavy atom. The summed E-state index contributed by atoms with van der Waals surface area (Å²) in [5.74, 6) is -0.984. The van der Waals surface area contributed by atoms with E-state index in [1.54, 1.807) is 44.2 Å². The lowest BCUT2D eigenvalue weighted by molar-refractivity contribution is -0.140. The van der Waals surface area contributed by atoms with Crippen LogP contribution in [0.25, 0.3) is 27.4 Å². The number of carbonyl (C=O) groups is 2.